The van der Waals surface area contributed by atoms with Crippen LogP contribution in [0.25, 0.3) is 11.4 Å². The van der Waals surface area contributed by atoms with Crippen molar-refractivity contribution in [3.05, 3.63) is 63.0 Å². The molecule has 23 heavy (non-hydrogen) atoms. The fraction of sp³-hybridized carbons (Fsp3) is 0.0625. The van der Waals surface area contributed by atoms with Crippen molar-refractivity contribution in [2.75, 3.05) is 5.75 Å². The van der Waals surface area contributed by atoms with Gasteiger partial charge in [-0.3, -0.25) is 0 Å². The van der Waals surface area contributed by atoms with E-state index in [1.807, 2.05) is 41.1 Å². The Morgan fingerprint density at radius 2 is 1.43 bits per heavy atom. The van der Waals surface area contributed by atoms with Gasteiger partial charge in [-0.05, 0) is 29.8 Å². The molecule has 0 aliphatic carbocycles. The predicted octanol–water partition coefficient (Wildman–Crippen LogP) is 4.83. The van der Waals surface area contributed by atoms with Crippen LogP contribution in [0.5, 0.6) is 0 Å². The zero-order valence-corrected chi connectivity index (χ0v) is 15.8. The molecule has 0 saturated heterocycles. The van der Waals surface area contributed by atoms with Crippen molar-refractivity contribution in [3.63, 3.8) is 0 Å². The monoisotopic (exact) mass is 448 g/mol. The lowest BCUT2D eigenvalue weighted by Gasteiger charge is -2.14. The predicted molar refractivity (Wildman–Crippen MR) is 100.0 cm³/mol. The van der Waals surface area contributed by atoms with Gasteiger partial charge in [0.05, 0.1) is 5.71 Å². The topological polar surface area (TPSA) is 43.1 Å². The number of hydrogen-bond donors (Lipinski definition) is 0. The first kappa shape index (κ1) is 15.1. The van der Waals surface area contributed by atoms with Crippen LogP contribution < -0.4 is 0 Å². The number of thioether (sulfide) groups is 1. The number of aromatic nitrogens is 3. The van der Waals surface area contributed by atoms with Gasteiger partial charge in [-0.1, -0.05) is 67.9 Å². The summed E-state index contributed by atoms with van der Waals surface area (Å²) < 4.78 is 3.92. The molecule has 4 nitrogen and oxygen atoms in total. The average molecular weight is 450 g/mol. The molecule has 0 radical (unpaired) electrons. The number of rotatable bonds is 2. The molecule has 0 unspecified atom stereocenters. The van der Waals surface area contributed by atoms with E-state index >= 15 is 0 Å². The van der Waals surface area contributed by atoms with Crippen LogP contribution in [0.15, 0.2) is 67.7 Å². The van der Waals surface area contributed by atoms with E-state index in [1.165, 1.54) is 0 Å². The van der Waals surface area contributed by atoms with Crippen LogP contribution in [-0.4, -0.2) is 26.3 Å². The quantitative estimate of drug-likeness (QED) is 0.562. The van der Waals surface area contributed by atoms with Gasteiger partial charge < -0.3 is 0 Å². The molecule has 0 saturated carbocycles. The van der Waals surface area contributed by atoms with E-state index in [1.54, 1.807) is 11.8 Å². The van der Waals surface area contributed by atoms with Gasteiger partial charge in [0.15, 0.2) is 5.82 Å². The molecule has 0 atom stereocenters. The van der Waals surface area contributed by atoms with Crippen LogP contribution in [0.4, 0.5) is 0 Å². The molecular formula is C16H10Br2N4S. The van der Waals surface area contributed by atoms with Crippen molar-refractivity contribution in [2.24, 2.45) is 5.10 Å². The van der Waals surface area contributed by atoms with Crippen LogP contribution >= 0.6 is 43.6 Å². The SMILES string of the molecule is Brc1ccc(C2=Nn3c(nnc3-c3ccc(Br)cc3)SC2)cc1. The van der Waals surface area contributed by atoms with Gasteiger partial charge in [-0.25, -0.2) is 0 Å². The van der Waals surface area contributed by atoms with E-state index < -0.39 is 0 Å². The molecule has 1 aliphatic rings. The molecule has 0 N–H and O–H groups in total. The minimum Gasteiger partial charge on any atom is -0.187 e. The van der Waals surface area contributed by atoms with Crippen LogP contribution in [0.3, 0.4) is 0 Å². The smallest absolute Gasteiger partial charge is 0.187 e. The molecule has 0 amide bonds. The molecule has 3 aromatic rings. The van der Waals surface area contributed by atoms with E-state index in [9.17, 15) is 0 Å². The Kier molecular flexibility index (Phi) is 4.09. The molecule has 1 aromatic heterocycles. The van der Waals surface area contributed by atoms with Gasteiger partial charge >= 0.3 is 0 Å². The van der Waals surface area contributed by atoms with Gasteiger partial charge in [0.2, 0.25) is 5.16 Å². The first-order valence-corrected chi connectivity index (χ1v) is 9.46. The highest BCUT2D eigenvalue weighted by atomic mass is 79.9. The number of fused-ring (bicyclic) bond motifs is 1. The van der Waals surface area contributed by atoms with Crippen LogP contribution in [0, 0.1) is 0 Å². The zero-order chi connectivity index (χ0) is 15.8. The largest absolute Gasteiger partial charge is 0.212 e. The fourth-order valence-electron chi connectivity index (χ4n) is 2.29. The van der Waals surface area contributed by atoms with E-state index in [2.05, 4.69) is 54.2 Å². The van der Waals surface area contributed by atoms with Crippen LogP contribution in [0.2, 0.25) is 0 Å². The van der Waals surface area contributed by atoms with E-state index in [0.29, 0.717) is 0 Å². The van der Waals surface area contributed by atoms with Crippen molar-refractivity contribution < 1.29 is 0 Å². The first-order valence-electron chi connectivity index (χ1n) is 6.89. The third-order valence-corrected chi connectivity index (χ3v) is 5.44. The molecule has 0 fully saturated rings. The summed E-state index contributed by atoms with van der Waals surface area (Å²) in [4.78, 5) is 0. The second-order valence-corrected chi connectivity index (χ2v) is 7.74. The molecule has 2 heterocycles. The van der Waals surface area contributed by atoms with Gasteiger partial charge in [-0.2, -0.15) is 9.78 Å². The summed E-state index contributed by atoms with van der Waals surface area (Å²) in [5.41, 5.74) is 3.13. The van der Waals surface area contributed by atoms with Crippen molar-refractivity contribution in [1.82, 2.24) is 14.9 Å². The summed E-state index contributed by atoms with van der Waals surface area (Å²) in [7, 11) is 0. The van der Waals surface area contributed by atoms with Gasteiger partial charge in [0, 0.05) is 20.3 Å². The van der Waals surface area contributed by atoms with Crippen molar-refractivity contribution >= 4 is 49.3 Å². The normalized spacial score (nSPS) is 13.6. The number of halogens is 2. The van der Waals surface area contributed by atoms with E-state index in [-0.39, 0.29) is 0 Å². The maximum absolute atomic E-state index is 4.76. The maximum Gasteiger partial charge on any atom is 0.212 e. The molecule has 114 valence electrons. The Balaban J connectivity index is 1.77. The standard InChI is InChI=1S/C16H10Br2N4S/c17-12-5-1-10(2-6-12)14-9-23-16-20-19-15(22(16)21-14)11-3-7-13(18)8-4-11/h1-8H,9H2. The van der Waals surface area contributed by atoms with Gasteiger partial charge in [0.1, 0.15) is 0 Å². The fourth-order valence-corrected chi connectivity index (χ4v) is 3.66. The van der Waals surface area contributed by atoms with Crippen LogP contribution in [0.1, 0.15) is 5.56 Å². The highest BCUT2D eigenvalue weighted by Crippen LogP contribution is 2.29. The Hall–Kier alpha value is -1.44. The minimum absolute atomic E-state index is 0.759. The molecule has 2 aromatic carbocycles. The summed E-state index contributed by atoms with van der Waals surface area (Å²) in [5.74, 6) is 1.55. The summed E-state index contributed by atoms with van der Waals surface area (Å²) in [6.07, 6.45) is 0. The third-order valence-electron chi connectivity index (χ3n) is 3.45. The maximum atomic E-state index is 4.76. The zero-order valence-electron chi connectivity index (χ0n) is 11.8. The van der Waals surface area contributed by atoms with Crippen LogP contribution in [-0.2, 0) is 0 Å². The molecule has 0 bridgehead atoms. The lowest BCUT2D eigenvalue weighted by molar-refractivity contribution is 0.762. The molecule has 0 spiro atoms. The summed E-state index contributed by atoms with van der Waals surface area (Å²) in [6, 6.07) is 16.2. The van der Waals surface area contributed by atoms with Gasteiger partial charge in [-0.15, -0.1) is 10.2 Å². The number of hydrogen-bond acceptors (Lipinski definition) is 4. The Morgan fingerprint density at radius 1 is 0.826 bits per heavy atom. The first-order chi connectivity index (χ1) is 11.2. The molecular weight excluding hydrogens is 440 g/mol. The van der Waals surface area contributed by atoms with Crippen molar-refractivity contribution in [2.45, 2.75) is 5.16 Å². The lowest BCUT2D eigenvalue weighted by atomic mass is 10.1. The average Bonchev–Trinajstić information content (AvgIpc) is 2.99. The van der Waals surface area contributed by atoms with Gasteiger partial charge in [0.25, 0.3) is 0 Å². The van der Waals surface area contributed by atoms with Crippen molar-refractivity contribution in [1.29, 1.82) is 0 Å². The number of nitrogens with zero attached hydrogens (tertiary/aromatic N) is 4. The molecule has 1 aliphatic heterocycles. The summed E-state index contributed by atoms with van der Waals surface area (Å²) in [6.45, 7) is 0. The second-order valence-electron chi connectivity index (χ2n) is 4.97. The Bertz CT molecular complexity index is 885. The summed E-state index contributed by atoms with van der Waals surface area (Å²) in [5, 5.41) is 14.1. The Labute approximate surface area is 154 Å². The number of benzene rings is 2. The van der Waals surface area contributed by atoms with Crippen molar-refractivity contribution in [3.8, 4) is 11.4 Å². The second kappa shape index (κ2) is 6.22. The lowest BCUT2D eigenvalue weighted by Crippen LogP contribution is -2.13. The third kappa shape index (κ3) is 3.00. The van der Waals surface area contributed by atoms with E-state index in [0.717, 1.165) is 42.5 Å². The van der Waals surface area contributed by atoms with E-state index in [4.69, 9.17) is 5.10 Å². The molecule has 7 heteroatoms. The molecule has 4 rings (SSSR count). The summed E-state index contributed by atoms with van der Waals surface area (Å²) >= 11 is 8.57. The highest BCUT2D eigenvalue weighted by molar-refractivity contribution is 9.10. The minimum atomic E-state index is 0.759. The Morgan fingerprint density at radius 3 is 2.09 bits per heavy atom. The highest BCUT2D eigenvalue weighted by Gasteiger charge is 2.20.